The van der Waals surface area contributed by atoms with Gasteiger partial charge in [-0.2, -0.15) is 0 Å². The molecule has 0 bridgehead atoms. The third-order valence-electron chi connectivity index (χ3n) is 8.82. The summed E-state index contributed by atoms with van der Waals surface area (Å²) in [4.78, 5) is 33.9. The van der Waals surface area contributed by atoms with Crippen LogP contribution in [0.15, 0.2) is 85.1 Å². The first kappa shape index (κ1) is 54.2. The third kappa shape index (κ3) is 44.1. The van der Waals surface area contributed by atoms with E-state index in [1.165, 1.54) is 64.2 Å². The lowest BCUT2D eigenvalue weighted by molar-refractivity contribution is -0.147. The van der Waals surface area contributed by atoms with E-state index < -0.39 is 26.5 Å². The fraction of sp³-hybridized carbons (Fsp3) is 0.660. The number of phosphoric acid groups is 1. The molecule has 0 aliphatic carbocycles. The van der Waals surface area contributed by atoms with Crippen LogP contribution in [0, 0.1) is 0 Å². The lowest BCUT2D eigenvalue weighted by atomic mass is 10.1. The number of esters is 1. The fourth-order valence-corrected chi connectivity index (χ4v) is 6.27. The average Bonchev–Trinajstić information content (AvgIpc) is 3.20. The van der Waals surface area contributed by atoms with Gasteiger partial charge in [-0.3, -0.25) is 18.6 Å². The molecule has 0 fully saturated rings. The highest BCUT2D eigenvalue weighted by Gasteiger charge is 2.23. The quantitative estimate of drug-likeness (QED) is 0.0241. The minimum absolute atomic E-state index is 0.0354. The van der Waals surface area contributed by atoms with Crippen molar-refractivity contribution in [2.24, 2.45) is 0 Å². The molecule has 0 saturated heterocycles. The Balaban J connectivity index is 3.72. The Hall–Kier alpha value is -2.81. The van der Waals surface area contributed by atoms with Gasteiger partial charge < -0.3 is 20.1 Å². The van der Waals surface area contributed by atoms with E-state index in [9.17, 15) is 24.2 Å². The fourth-order valence-electron chi connectivity index (χ4n) is 5.51. The van der Waals surface area contributed by atoms with E-state index in [4.69, 9.17) is 13.8 Å². The smallest absolute Gasteiger partial charge is 0.463 e. The van der Waals surface area contributed by atoms with Gasteiger partial charge in [0.05, 0.1) is 13.2 Å². The second-order valence-electron chi connectivity index (χ2n) is 14.3. The Bertz CT molecular complexity index is 1210. The molecule has 0 aromatic carbocycles. The maximum Gasteiger partial charge on any atom is 0.472 e. The van der Waals surface area contributed by atoms with Gasteiger partial charge in [-0.15, -0.1) is 0 Å². The Morgan fingerprint density at radius 3 is 1.54 bits per heavy atom. The van der Waals surface area contributed by atoms with Crippen molar-refractivity contribution in [2.45, 2.75) is 174 Å². The van der Waals surface area contributed by atoms with E-state index in [1.54, 1.807) is 0 Å². The first-order chi connectivity index (χ1) is 27.8. The van der Waals surface area contributed by atoms with E-state index in [-0.39, 0.29) is 38.5 Å². The van der Waals surface area contributed by atoms with Gasteiger partial charge in [0.15, 0.2) is 0 Å². The lowest BCUT2D eigenvalue weighted by Gasteiger charge is -2.15. The summed E-state index contributed by atoms with van der Waals surface area (Å²) in [7, 11) is -4.44. The number of hydrogen-bond donors (Lipinski definition) is 3. The Kier molecular flexibility index (Phi) is 40.7. The van der Waals surface area contributed by atoms with Crippen LogP contribution >= 0.6 is 7.82 Å². The number of aliphatic hydroxyl groups excluding tert-OH is 1. The van der Waals surface area contributed by atoms with E-state index in [1.807, 2.05) is 12.2 Å². The van der Waals surface area contributed by atoms with Crippen molar-refractivity contribution in [1.82, 2.24) is 5.32 Å². The van der Waals surface area contributed by atoms with Gasteiger partial charge >= 0.3 is 13.8 Å². The van der Waals surface area contributed by atoms with Gasteiger partial charge in [-0.1, -0.05) is 163 Å². The highest BCUT2D eigenvalue weighted by molar-refractivity contribution is 7.47. The van der Waals surface area contributed by atoms with Gasteiger partial charge in [0.1, 0.15) is 12.7 Å². The number of hydrogen-bond acceptors (Lipinski definition) is 7. The Morgan fingerprint density at radius 2 is 1.02 bits per heavy atom. The van der Waals surface area contributed by atoms with Gasteiger partial charge in [0, 0.05) is 19.4 Å². The van der Waals surface area contributed by atoms with Crippen LogP contribution in [0.5, 0.6) is 0 Å². The minimum Gasteiger partial charge on any atom is -0.463 e. The summed E-state index contributed by atoms with van der Waals surface area (Å²) in [5.74, 6) is -0.612. The van der Waals surface area contributed by atoms with Crippen molar-refractivity contribution < 1.29 is 37.9 Å². The summed E-state index contributed by atoms with van der Waals surface area (Å²) in [6, 6.07) is 0. The monoisotopic (exact) mass is 818 g/mol. The summed E-state index contributed by atoms with van der Waals surface area (Å²) in [6.07, 6.45) is 53.8. The molecule has 1 amide bonds. The summed E-state index contributed by atoms with van der Waals surface area (Å²) in [5, 5.41) is 12.6. The molecule has 0 saturated carbocycles. The first-order valence-corrected chi connectivity index (χ1v) is 23.6. The number of aliphatic hydroxyl groups is 1. The number of rotatable bonds is 40. The van der Waals surface area contributed by atoms with Crippen molar-refractivity contribution in [3.8, 4) is 0 Å². The van der Waals surface area contributed by atoms with Crippen LogP contribution in [0.3, 0.4) is 0 Å². The van der Waals surface area contributed by atoms with Crippen LogP contribution in [0.1, 0.15) is 168 Å². The number of carbonyl (C=O) groups is 2. The van der Waals surface area contributed by atoms with E-state index in [0.29, 0.717) is 6.42 Å². The molecular weight excluding hydrogens is 737 g/mol. The van der Waals surface area contributed by atoms with E-state index >= 15 is 0 Å². The normalized spacial score (nSPS) is 14.1. The minimum atomic E-state index is -4.44. The van der Waals surface area contributed by atoms with Gasteiger partial charge in [-0.25, -0.2) is 4.57 Å². The van der Waals surface area contributed by atoms with Crippen molar-refractivity contribution in [1.29, 1.82) is 0 Å². The maximum atomic E-state index is 12.1. The van der Waals surface area contributed by atoms with Crippen LogP contribution in [-0.2, 0) is 27.9 Å². The van der Waals surface area contributed by atoms with Crippen molar-refractivity contribution in [3.05, 3.63) is 85.1 Å². The molecule has 0 aliphatic heterocycles. The van der Waals surface area contributed by atoms with Crippen molar-refractivity contribution >= 4 is 19.7 Å². The largest absolute Gasteiger partial charge is 0.472 e. The predicted molar refractivity (Wildman–Crippen MR) is 238 cm³/mol. The number of amides is 1. The highest BCUT2D eigenvalue weighted by atomic mass is 31.2. The Labute approximate surface area is 347 Å². The maximum absolute atomic E-state index is 12.1. The molecule has 0 rings (SSSR count). The first-order valence-electron chi connectivity index (χ1n) is 22.1. The van der Waals surface area contributed by atoms with Crippen LogP contribution in [-0.4, -0.2) is 54.3 Å². The molecule has 0 aromatic heterocycles. The zero-order chi connectivity index (χ0) is 41.8. The second-order valence-corrected chi connectivity index (χ2v) is 15.7. The van der Waals surface area contributed by atoms with Crippen LogP contribution in [0.2, 0.25) is 0 Å². The zero-order valence-corrected chi connectivity index (χ0v) is 36.6. The van der Waals surface area contributed by atoms with Crippen LogP contribution < -0.4 is 5.32 Å². The summed E-state index contributed by atoms with van der Waals surface area (Å²) >= 11 is 0. The molecule has 0 radical (unpaired) electrons. The molecule has 0 aromatic rings. The van der Waals surface area contributed by atoms with E-state index in [0.717, 1.165) is 70.6 Å². The second kappa shape index (κ2) is 42.8. The average molecular weight is 818 g/mol. The number of nitrogens with one attached hydrogen (secondary N) is 1. The molecule has 0 aliphatic rings. The van der Waals surface area contributed by atoms with E-state index in [2.05, 4.69) is 92.1 Å². The number of carbonyl (C=O) groups excluding carboxylic acids is 2. The molecule has 326 valence electrons. The molecule has 9 nitrogen and oxygen atoms in total. The number of ether oxygens (including phenoxy) is 1. The highest BCUT2D eigenvalue weighted by Crippen LogP contribution is 2.42. The molecule has 10 heteroatoms. The number of unbranched alkanes of at least 4 members (excludes halogenated alkanes) is 13. The molecule has 57 heavy (non-hydrogen) atoms. The topological polar surface area (TPSA) is 131 Å². The molecule has 0 heterocycles. The third-order valence-corrected chi connectivity index (χ3v) is 9.81. The summed E-state index contributed by atoms with van der Waals surface area (Å²) in [5.41, 5.74) is 0. The van der Waals surface area contributed by atoms with Gasteiger partial charge in [-0.05, 0) is 77.0 Å². The van der Waals surface area contributed by atoms with Crippen molar-refractivity contribution in [3.63, 3.8) is 0 Å². The molecule has 2 atom stereocenters. The standard InChI is InChI=1S/C47H80NO8P/c1-3-5-7-9-11-13-15-17-19-21-22-24-25-27-29-31-33-35-37-39-46(50)48-41-42-55-57(52,53)56-44-45(49)43-54-47(51)40-38-36-34-32-30-28-26-23-20-18-16-14-12-10-8-6-4-2/h5,7,11,13,17-20,22,24,27,29,33,35,45,49H,3-4,6,8-10,12,14-16,21,23,25-26,28,30-32,34,36-44H2,1-2H3,(H,48,50)(H,52,53)/b7-5-,13-11-,19-17-,20-18-,24-22-,29-27-,35-33-. The van der Waals surface area contributed by atoms with Gasteiger partial charge in [0.25, 0.3) is 0 Å². The Morgan fingerprint density at radius 1 is 0.561 bits per heavy atom. The van der Waals surface area contributed by atoms with Crippen LogP contribution in [0.25, 0.3) is 0 Å². The SMILES string of the molecule is CC/C=C\C/C=C\C/C=C\C/C=C\C/C=C\C/C=C\CCC(=O)NCCOP(=O)(O)OCC(O)COC(=O)CCCCCCCCC/C=C\CCCCCCCC. The molecule has 3 N–H and O–H groups in total. The van der Waals surface area contributed by atoms with Crippen LogP contribution in [0.4, 0.5) is 0 Å². The zero-order valence-electron chi connectivity index (χ0n) is 35.8. The molecular formula is C47H80NO8P. The molecule has 0 spiro atoms. The summed E-state index contributed by atoms with van der Waals surface area (Å²) in [6.45, 7) is 3.32. The van der Waals surface area contributed by atoms with Crippen molar-refractivity contribution in [2.75, 3.05) is 26.4 Å². The van der Waals surface area contributed by atoms with Gasteiger partial charge in [0.2, 0.25) is 5.91 Å². The predicted octanol–water partition coefficient (Wildman–Crippen LogP) is 12.4. The summed E-state index contributed by atoms with van der Waals surface area (Å²) < 4.78 is 26.8. The lowest BCUT2D eigenvalue weighted by Crippen LogP contribution is -2.27. The number of phosphoric ester groups is 1. The molecule has 2 unspecified atom stereocenters. The number of allylic oxidation sites excluding steroid dienone is 14.